The van der Waals surface area contributed by atoms with Crippen molar-refractivity contribution in [2.24, 2.45) is 0 Å². The van der Waals surface area contributed by atoms with Gasteiger partial charge in [0, 0.05) is 16.7 Å². The van der Waals surface area contributed by atoms with Gasteiger partial charge in [-0.25, -0.2) is 13.4 Å². The Labute approximate surface area is 197 Å². The smallest absolute Gasteiger partial charge is 0.244 e. The van der Waals surface area contributed by atoms with Gasteiger partial charge in [-0.3, -0.25) is 4.79 Å². The van der Waals surface area contributed by atoms with Crippen LogP contribution in [0.2, 0.25) is 0 Å². The molecule has 168 valence electrons. The summed E-state index contributed by atoms with van der Waals surface area (Å²) < 4.78 is 28.1. The normalized spacial score (nSPS) is 16.9. The highest BCUT2D eigenvalue weighted by Gasteiger charge is 2.40. The van der Waals surface area contributed by atoms with E-state index in [0.717, 1.165) is 27.4 Å². The average Bonchev–Trinajstić information content (AvgIpc) is 3.45. The van der Waals surface area contributed by atoms with Crippen molar-refractivity contribution >= 4 is 39.0 Å². The molecule has 9 heteroatoms. The highest BCUT2D eigenvalue weighted by atomic mass is 32.2. The molecule has 1 saturated heterocycles. The molecule has 0 bridgehead atoms. The van der Waals surface area contributed by atoms with Crippen molar-refractivity contribution in [1.29, 1.82) is 0 Å². The Hall–Kier alpha value is -2.20. The highest BCUT2D eigenvalue weighted by Crippen LogP contribution is 2.31. The second-order valence-corrected chi connectivity index (χ2v) is 11.6. The van der Waals surface area contributed by atoms with E-state index < -0.39 is 16.1 Å². The van der Waals surface area contributed by atoms with E-state index in [0.29, 0.717) is 11.3 Å². The van der Waals surface area contributed by atoms with Crippen LogP contribution in [0.5, 0.6) is 0 Å². The molecule has 2 aromatic carbocycles. The number of amides is 1. The van der Waals surface area contributed by atoms with Gasteiger partial charge in [0.15, 0.2) is 0 Å². The first kappa shape index (κ1) is 23.0. The van der Waals surface area contributed by atoms with Gasteiger partial charge in [0.2, 0.25) is 15.9 Å². The van der Waals surface area contributed by atoms with Crippen LogP contribution in [0.3, 0.4) is 0 Å². The molecule has 3 aromatic rings. The molecular weight excluding hydrogens is 462 g/mol. The molecular formula is C23H25N3O3S3. The zero-order valence-corrected chi connectivity index (χ0v) is 20.6. The second-order valence-electron chi connectivity index (χ2n) is 7.84. The predicted molar refractivity (Wildman–Crippen MR) is 130 cm³/mol. The molecule has 0 aliphatic carbocycles. The van der Waals surface area contributed by atoms with Crippen molar-refractivity contribution in [3.63, 3.8) is 0 Å². The maximum Gasteiger partial charge on any atom is 0.244 e. The summed E-state index contributed by atoms with van der Waals surface area (Å²) in [6.07, 6.45) is 0. The fourth-order valence-electron chi connectivity index (χ4n) is 3.61. The first-order valence-corrected chi connectivity index (χ1v) is 13.7. The summed E-state index contributed by atoms with van der Waals surface area (Å²) in [5.74, 6) is 0.400. The van der Waals surface area contributed by atoms with Crippen molar-refractivity contribution in [2.75, 3.05) is 11.6 Å². The first-order chi connectivity index (χ1) is 15.3. The predicted octanol–water partition coefficient (Wildman–Crippen LogP) is 4.12. The van der Waals surface area contributed by atoms with Crippen LogP contribution in [0.1, 0.15) is 22.4 Å². The zero-order chi connectivity index (χ0) is 22.9. The van der Waals surface area contributed by atoms with Crippen LogP contribution in [0, 0.1) is 20.8 Å². The fraction of sp³-hybridized carbons (Fsp3) is 0.304. The lowest BCUT2D eigenvalue weighted by atomic mass is 10.1. The summed E-state index contributed by atoms with van der Waals surface area (Å²) in [5.41, 5.74) is 4.44. The van der Waals surface area contributed by atoms with E-state index in [2.05, 4.69) is 10.3 Å². The van der Waals surface area contributed by atoms with Crippen LogP contribution in [0.25, 0.3) is 10.6 Å². The van der Waals surface area contributed by atoms with E-state index in [-0.39, 0.29) is 23.2 Å². The number of nitrogens with zero attached hydrogens (tertiary/aromatic N) is 2. The Morgan fingerprint density at radius 2 is 1.84 bits per heavy atom. The summed E-state index contributed by atoms with van der Waals surface area (Å²) in [5, 5.41) is 5.69. The van der Waals surface area contributed by atoms with E-state index in [4.69, 9.17) is 0 Å². The summed E-state index contributed by atoms with van der Waals surface area (Å²) in [6.45, 7) is 5.92. The largest absolute Gasteiger partial charge is 0.349 e. The van der Waals surface area contributed by atoms with Gasteiger partial charge in [-0.2, -0.15) is 4.31 Å². The third-order valence-corrected chi connectivity index (χ3v) is 9.65. The Morgan fingerprint density at radius 3 is 2.59 bits per heavy atom. The molecule has 1 atom stereocenters. The van der Waals surface area contributed by atoms with Crippen LogP contribution >= 0.6 is 23.1 Å². The van der Waals surface area contributed by atoms with Crippen molar-refractivity contribution in [1.82, 2.24) is 14.6 Å². The third-order valence-electron chi connectivity index (χ3n) is 5.54. The maximum atomic E-state index is 13.4. The summed E-state index contributed by atoms with van der Waals surface area (Å²) in [7, 11) is -3.78. The zero-order valence-electron chi connectivity index (χ0n) is 18.2. The Balaban J connectivity index is 1.47. The lowest BCUT2D eigenvalue weighted by Crippen LogP contribution is -2.47. The standard InChI is InChI=1S/C23H25N3O3S3/c1-15-9-17(3)21(10-16(15)2)32(28,29)26-14-30-13-20(26)22(27)24-11-19-12-31-23(25-19)18-7-5-4-6-8-18/h4-10,12,20H,11,13-14H2,1-3H3,(H,24,27). The van der Waals surface area contributed by atoms with Crippen LogP contribution < -0.4 is 5.32 Å². The number of rotatable bonds is 6. The van der Waals surface area contributed by atoms with Gasteiger partial charge in [0.1, 0.15) is 11.0 Å². The number of hydrogen-bond donors (Lipinski definition) is 1. The number of carbonyl (C=O) groups is 1. The third kappa shape index (κ3) is 4.61. The van der Waals surface area contributed by atoms with E-state index in [9.17, 15) is 13.2 Å². The van der Waals surface area contributed by atoms with Crippen molar-refractivity contribution in [3.8, 4) is 10.6 Å². The molecule has 32 heavy (non-hydrogen) atoms. The van der Waals surface area contributed by atoms with Gasteiger partial charge in [-0.15, -0.1) is 23.1 Å². The minimum absolute atomic E-state index is 0.264. The van der Waals surface area contributed by atoms with E-state index in [1.807, 2.05) is 55.6 Å². The van der Waals surface area contributed by atoms with E-state index in [1.54, 1.807) is 13.0 Å². The number of thiazole rings is 1. The Bertz CT molecular complexity index is 1240. The van der Waals surface area contributed by atoms with Crippen LogP contribution in [-0.2, 0) is 21.4 Å². The van der Waals surface area contributed by atoms with Gasteiger partial charge in [-0.05, 0) is 43.5 Å². The molecule has 1 amide bonds. The van der Waals surface area contributed by atoms with E-state index in [1.165, 1.54) is 27.4 Å². The molecule has 0 saturated carbocycles. The molecule has 1 aliphatic rings. The van der Waals surface area contributed by atoms with Crippen molar-refractivity contribution < 1.29 is 13.2 Å². The molecule has 6 nitrogen and oxygen atoms in total. The maximum absolute atomic E-state index is 13.4. The average molecular weight is 488 g/mol. The number of carbonyl (C=O) groups excluding carboxylic acids is 1. The van der Waals surface area contributed by atoms with Gasteiger partial charge < -0.3 is 5.32 Å². The van der Waals surface area contributed by atoms with Crippen LogP contribution in [-0.4, -0.2) is 41.3 Å². The summed E-state index contributed by atoms with van der Waals surface area (Å²) in [4.78, 5) is 17.8. The molecule has 1 aromatic heterocycles. The Morgan fingerprint density at radius 1 is 1.12 bits per heavy atom. The molecule has 1 fully saturated rings. The molecule has 1 N–H and O–H groups in total. The SMILES string of the molecule is Cc1cc(C)c(S(=O)(=O)N2CSCC2C(=O)NCc2csc(-c3ccccc3)n2)cc1C. The summed E-state index contributed by atoms with van der Waals surface area (Å²) in [6, 6.07) is 12.7. The molecule has 0 radical (unpaired) electrons. The number of thioether (sulfide) groups is 1. The molecule has 2 heterocycles. The monoisotopic (exact) mass is 487 g/mol. The Kier molecular flexibility index (Phi) is 6.71. The topological polar surface area (TPSA) is 79.4 Å². The van der Waals surface area contributed by atoms with E-state index >= 15 is 0 Å². The minimum atomic E-state index is -3.78. The number of nitrogens with one attached hydrogen (secondary N) is 1. The first-order valence-electron chi connectivity index (χ1n) is 10.2. The van der Waals surface area contributed by atoms with Gasteiger partial charge in [0.05, 0.1) is 23.0 Å². The lowest BCUT2D eigenvalue weighted by molar-refractivity contribution is -0.124. The highest BCUT2D eigenvalue weighted by molar-refractivity contribution is 8.00. The van der Waals surface area contributed by atoms with Crippen molar-refractivity contribution in [3.05, 3.63) is 70.2 Å². The number of aryl methyl sites for hydroxylation is 3. The van der Waals surface area contributed by atoms with Gasteiger partial charge in [-0.1, -0.05) is 36.4 Å². The van der Waals surface area contributed by atoms with Crippen LogP contribution in [0.4, 0.5) is 0 Å². The minimum Gasteiger partial charge on any atom is -0.349 e. The quantitative estimate of drug-likeness (QED) is 0.566. The number of hydrogen-bond acceptors (Lipinski definition) is 6. The number of sulfonamides is 1. The molecule has 0 spiro atoms. The summed E-state index contributed by atoms with van der Waals surface area (Å²) >= 11 is 2.97. The van der Waals surface area contributed by atoms with Gasteiger partial charge in [0.25, 0.3) is 0 Å². The lowest BCUT2D eigenvalue weighted by Gasteiger charge is -2.23. The van der Waals surface area contributed by atoms with Gasteiger partial charge >= 0.3 is 0 Å². The number of benzene rings is 2. The molecule has 4 rings (SSSR count). The van der Waals surface area contributed by atoms with Crippen LogP contribution in [0.15, 0.2) is 52.7 Å². The number of aromatic nitrogens is 1. The fourth-order valence-corrected chi connectivity index (χ4v) is 7.87. The second kappa shape index (κ2) is 9.35. The molecule has 1 aliphatic heterocycles. The molecule has 1 unspecified atom stereocenters. The van der Waals surface area contributed by atoms with Crippen molar-refractivity contribution in [2.45, 2.75) is 38.3 Å².